The number of piperidine rings is 1. The van der Waals surface area contributed by atoms with E-state index in [0.29, 0.717) is 31.6 Å². The Hall–Kier alpha value is -2.21. The summed E-state index contributed by atoms with van der Waals surface area (Å²) in [6.07, 6.45) is 1.53. The first-order valence-corrected chi connectivity index (χ1v) is 8.68. The summed E-state index contributed by atoms with van der Waals surface area (Å²) in [7, 11) is 1.40. The molecule has 1 aromatic carbocycles. The van der Waals surface area contributed by atoms with Crippen LogP contribution in [-0.2, 0) is 19.1 Å². The van der Waals surface area contributed by atoms with E-state index in [1.165, 1.54) is 12.0 Å². The molecule has 134 valence electrons. The molecule has 0 spiro atoms. The van der Waals surface area contributed by atoms with Crippen LogP contribution in [0.2, 0.25) is 0 Å². The van der Waals surface area contributed by atoms with Gasteiger partial charge in [0.2, 0.25) is 5.91 Å². The minimum absolute atomic E-state index is 0.107. The smallest absolute Gasteiger partial charge is 0.308 e. The van der Waals surface area contributed by atoms with Gasteiger partial charge in [0, 0.05) is 0 Å². The number of amides is 2. The van der Waals surface area contributed by atoms with Gasteiger partial charge in [-0.1, -0.05) is 17.7 Å². The SMILES string of the molecule is COC(=O)C1CCN([C@H]2CC(=O)N(c3ccc(C)cc3C)C2=O)CC1. The van der Waals surface area contributed by atoms with Crippen molar-refractivity contribution in [3.05, 3.63) is 29.3 Å². The summed E-state index contributed by atoms with van der Waals surface area (Å²) in [5.41, 5.74) is 2.70. The molecular formula is C19H24N2O4. The van der Waals surface area contributed by atoms with Gasteiger partial charge < -0.3 is 4.74 Å². The Morgan fingerprint density at radius 3 is 2.44 bits per heavy atom. The molecule has 2 fully saturated rings. The van der Waals surface area contributed by atoms with Crippen LogP contribution in [0.5, 0.6) is 0 Å². The van der Waals surface area contributed by atoms with E-state index in [9.17, 15) is 14.4 Å². The Bertz CT molecular complexity index is 707. The number of methoxy groups -OCH3 is 1. The number of rotatable bonds is 3. The monoisotopic (exact) mass is 344 g/mol. The van der Waals surface area contributed by atoms with Crippen molar-refractivity contribution in [1.29, 1.82) is 0 Å². The van der Waals surface area contributed by atoms with Crippen LogP contribution in [-0.4, -0.2) is 48.9 Å². The van der Waals surface area contributed by atoms with Gasteiger partial charge in [-0.2, -0.15) is 0 Å². The Morgan fingerprint density at radius 1 is 1.16 bits per heavy atom. The van der Waals surface area contributed by atoms with Crippen molar-refractivity contribution in [2.45, 2.75) is 39.2 Å². The fourth-order valence-electron chi connectivity index (χ4n) is 3.82. The molecule has 2 saturated heterocycles. The molecule has 0 bridgehead atoms. The van der Waals surface area contributed by atoms with E-state index >= 15 is 0 Å². The maximum Gasteiger partial charge on any atom is 0.308 e. The number of hydrogen-bond acceptors (Lipinski definition) is 5. The normalized spacial score (nSPS) is 22.5. The molecule has 0 radical (unpaired) electrons. The number of imide groups is 1. The van der Waals surface area contributed by atoms with Gasteiger partial charge in [-0.05, 0) is 51.4 Å². The number of likely N-dealkylation sites (tertiary alicyclic amines) is 1. The van der Waals surface area contributed by atoms with Crippen LogP contribution in [0, 0.1) is 19.8 Å². The number of esters is 1. The second kappa shape index (κ2) is 6.96. The second-order valence-electron chi connectivity index (χ2n) is 6.91. The molecule has 2 heterocycles. The zero-order chi connectivity index (χ0) is 18.1. The van der Waals surface area contributed by atoms with Crippen molar-refractivity contribution < 1.29 is 19.1 Å². The van der Waals surface area contributed by atoms with E-state index in [1.807, 2.05) is 36.9 Å². The predicted octanol–water partition coefficient (Wildman–Crippen LogP) is 1.82. The van der Waals surface area contributed by atoms with E-state index < -0.39 is 6.04 Å². The maximum atomic E-state index is 12.9. The number of aryl methyl sites for hydroxylation is 2. The first-order valence-electron chi connectivity index (χ1n) is 8.68. The van der Waals surface area contributed by atoms with E-state index in [2.05, 4.69) is 0 Å². The summed E-state index contributed by atoms with van der Waals surface area (Å²) in [6.45, 7) is 5.16. The van der Waals surface area contributed by atoms with Crippen molar-refractivity contribution in [2.24, 2.45) is 5.92 Å². The molecule has 6 heteroatoms. The zero-order valence-electron chi connectivity index (χ0n) is 14.9. The number of anilines is 1. The predicted molar refractivity (Wildman–Crippen MR) is 93.1 cm³/mol. The van der Waals surface area contributed by atoms with E-state index in [0.717, 1.165) is 11.1 Å². The molecule has 0 saturated carbocycles. The van der Waals surface area contributed by atoms with Gasteiger partial charge in [0.05, 0.1) is 31.2 Å². The largest absolute Gasteiger partial charge is 0.469 e. The lowest BCUT2D eigenvalue weighted by atomic mass is 9.95. The third-order valence-electron chi connectivity index (χ3n) is 5.22. The highest BCUT2D eigenvalue weighted by atomic mass is 16.5. The number of carbonyl (C=O) groups is 3. The summed E-state index contributed by atoms with van der Waals surface area (Å²) < 4.78 is 4.80. The van der Waals surface area contributed by atoms with Crippen LogP contribution >= 0.6 is 0 Å². The fourth-order valence-corrected chi connectivity index (χ4v) is 3.82. The molecule has 0 aliphatic carbocycles. The average Bonchev–Trinajstić information content (AvgIpc) is 2.89. The molecule has 1 atom stereocenters. The highest BCUT2D eigenvalue weighted by molar-refractivity contribution is 6.22. The van der Waals surface area contributed by atoms with Gasteiger partial charge in [-0.25, -0.2) is 4.90 Å². The summed E-state index contributed by atoms with van der Waals surface area (Å²) in [6, 6.07) is 5.31. The molecule has 2 aliphatic heterocycles. The van der Waals surface area contributed by atoms with Gasteiger partial charge in [0.25, 0.3) is 5.91 Å². The van der Waals surface area contributed by atoms with E-state index in [-0.39, 0.29) is 30.1 Å². The number of carbonyl (C=O) groups excluding carboxylic acids is 3. The Kier molecular flexibility index (Phi) is 4.90. The van der Waals surface area contributed by atoms with Crippen molar-refractivity contribution >= 4 is 23.5 Å². The van der Waals surface area contributed by atoms with E-state index in [4.69, 9.17) is 4.74 Å². The van der Waals surface area contributed by atoms with Crippen molar-refractivity contribution in [3.8, 4) is 0 Å². The quantitative estimate of drug-likeness (QED) is 0.618. The zero-order valence-corrected chi connectivity index (χ0v) is 14.9. The molecule has 25 heavy (non-hydrogen) atoms. The Balaban J connectivity index is 1.73. The standard InChI is InChI=1S/C19H24N2O4/c1-12-4-5-15(13(2)10-12)21-17(22)11-16(18(21)23)20-8-6-14(7-9-20)19(24)25-3/h4-5,10,14,16H,6-9,11H2,1-3H3/t16-/m0/s1. The molecule has 0 N–H and O–H groups in total. The molecule has 0 unspecified atom stereocenters. The van der Waals surface area contributed by atoms with Crippen LogP contribution in [0.15, 0.2) is 18.2 Å². The fraction of sp³-hybridized carbons (Fsp3) is 0.526. The highest BCUT2D eigenvalue weighted by Gasteiger charge is 2.44. The second-order valence-corrected chi connectivity index (χ2v) is 6.91. The molecule has 2 amide bonds. The van der Waals surface area contributed by atoms with Gasteiger partial charge in [0.1, 0.15) is 0 Å². The summed E-state index contributed by atoms with van der Waals surface area (Å²) in [4.78, 5) is 40.4. The topological polar surface area (TPSA) is 66.9 Å². The Labute approximate surface area is 147 Å². The third-order valence-corrected chi connectivity index (χ3v) is 5.22. The molecule has 0 aromatic heterocycles. The number of ether oxygens (including phenoxy) is 1. The van der Waals surface area contributed by atoms with Crippen molar-refractivity contribution in [2.75, 3.05) is 25.1 Å². The van der Waals surface area contributed by atoms with Gasteiger partial charge >= 0.3 is 5.97 Å². The van der Waals surface area contributed by atoms with Crippen LogP contribution < -0.4 is 4.90 Å². The minimum Gasteiger partial charge on any atom is -0.469 e. The number of hydrogen-bond donors (Lipinski definition) is 0. The van der Waals surface area contributed by atoms with Crippen molar-refractivity contribution in [3.63, 3.8) is 0 Å². The van der Waals surface area contributed by atoms with Gasteiger partial charge in [-0.15, -0.1) is 0 Å². The third kappa shape index (κ3) is 3.31. The van der Waals surface area contributed by atoms with E-state index in [1.54, 1.807) is 0 Å². The maximum absolute atomic E-state index is 12.9. The molecule has 3 rings (SSSR count). The highest BCUT2D eigenvalue weighted by Crippen LogP contribution is 2.31. The molecule has 1 aromatic rings. The van der Waals surface area contributed by atoms with Crippen LogP contribution in [0.4, 0.5) is 5.69 Å². The minimum atomic E-state index is -0.424. The lowest BCUT2D eigenvalue weighted by Gasteiger charge is -2.33. The van der Waals surface area contributed by atoms with Gasteiger partial charge in [0.15, 0.2) is 0 Å². The number of benzene rings is 1. The summed E-state index contributed by atoms with van der Waals surface area (Å²) in [5, 5.41) is 0. The Morgan fingerprint density at radius 2 is 1.84 bits per heavy atom. The molecule has 6 nitrogen and oxygen atoms in total. The first kappa shape index (κ1) is 17.6. The summed E-state index contributed by atoms with van der Waals surface area (Å²) in [5.74, 6) is -0.611. The van der Waals surface area contributed by atoms with Crippen LogP contribution in [0.25, 0.3) is 0 Å². The first-order chi connectivity index (χ1) is 11.9. The lowest BCUT2D eigenvalue weighted by Crippen LogP contribution is -2.47. The van der Waals surface area contributed by atoms with Crippen LogP contribution in [0.1, 0.15) is 30.4 Å². The summed E-state index contributed by atoms with van der Waals surface area (Å²) >= 11 is 0. The van der Waals surface area contributed by atoms with Crippen molar-refractivity contribution in [1.82, 2.24) is 4.90 Å². The van der Waals surface area contributed by atoms with Gasteiger partial charge in [-0.3, -0.25) is 19.3 Å². The molecular weight excluding hydrogens is 320 g/mol. The van der Waals surface area contributed by atoms with Crippen LogP contribution in [0.3, 0.4) is 0 Å². The average molecular weight is 344 g/mol. The molecule has 2 aliphatic rings. The number of nitrogens with zero attached hydrogens (tertiary/aromatic N) is 2. The lowest BCUT2D eigenvalue weighted by molar-refractivity contribution is -0.147.